The largest absolute Gasteiger partial charge is 0.469 e. The molecule has 2 fully saturated rings. The molecule has 1 spiro atoms. The highest BCUT2D eigenvalue weighted by molar-refractivity contribution is 5.88. The van der Waals surface area contributed by atoms with E-state index in [0.29, 0.717) is 19.4 Å². The van der Waals surface area contributed by atoms with Gasteiger partial charge in [0, 0.05) is 6.42 Å². The van der Waals surface area contributed by atoms with E-state index in [2.05, 4.69) is 5.32 Å². The summed E-state index contributed by atoms with van der Waals surface area (Å²) in [6, 6.07) is 9.71. The third-order valence-electron chi connectivity index (χ3n) is 4.82. The highest BCUT2D eigenvalue weighted by atomic mass is 16.7. The Balaban J connectivity index is 1.81. The van der Waals surface area contributed by atoms with Crippen LogP contribution in [0.15, 0.2) is 30.3 Å². The van der Waals surface area contributed by atoms with Crippen LogP contribution in [0.4, 0.5) is 0 Å². The first-order valence-electron chi connectivity index (χ1n) is 7.96. The van der Waals surface area contributed by atoms with E-state index in [9.17, 15) is 9.59 Å². The summed E-state index contributed by atoms with van der Waals surface area (Å²) < 4.78 is 4.93. The fourth-order valence-corrected chi connectivity index (χ4v) is 3.61. The van der Waals surface area contributed by atoms with Crippen LogP contribution in [-0.4, -0.2) is 42.7 Å². The molecular formula is C17H22N2O4. The summed E-state index contributed by atoms with van der Waals surface area (Å²) in [6.07, 6.45) is 1.53. The lowest BCUT2D eigenvalue weighted by Gasteiger charge is -2.42. The summed E-state index contributed by atoms with van der Waals surface area (Å²) in [7, 11) is 1.37. The molecule has 0 saturated carbocycles. The van der Waals surface area contributed by atoms with Gasteiger partial charge in [0.15, 0.2) is 0 Å². The number of esters is 1. The van der Waals surface area contributed by atoms with Crippen molar-refractivity contribution >= 4 is 11.9 Å². The Morgan fingerprint density at radius 1 is 1.30 bits per heavy atom. The summed E-state index contributed by atoms with van der Waals surface area (Å²) in [5, 5.41) is 4.74. The minimum absolute atomic E-state index is 0.141. The molecule has 6 nitrogen and oxygen atoms in total. The maximum absolute atomic E-state index is 12.5. The van der Waals surface area contributed by atoms with Crippen molar-refractivity contribution < 1.29 is 19.2 Å². The third kappa shape index (κ3) is 2.96. The minimum atomic E-state index is -0.593. The van der Waals surface area contributed by atoms with Crippen molar-refractivity contribution in [1.29, 1.82) is 0 Å². The molecule has 2 saturated heterocycles. The van der Waals surface area contributed by atoms with E-state index in [1.54, 1.807) is 0 Å². The van der Waals surface area contributed by atoms with Gasteiger partial charge in [0.25, 0.3) is 0 Å². The fraction of sp³-hybridized carbons (Fsp3) is 0.529. The second kappa shape index (κ2) is 6.68. The third-order valence-corrected chi connectivity index (χ3v) is 4.82. The normalized spacial score (nSPS) is 23.3. The predicted molar refractivity (Wildman–Crippen MR) is 83.0 cm³/mol. The van der Waals surface area contributed by atoms with Crippen LogP contribution < -0.4 is 5.32 Å². The highest BCUT2D eigenvalue weighted by Crippen LogP contribution is 2.43. The molecule has 0 bridgehead atoms. The maximum atomic E-state index is 12.5. The Bertz CT molecular complexity index is 569. The number of hydrogen-bond acceptors (Lipinski definition) is 5. The molecule has 1 atom stereocenters. The Kier molecular flexibility index (Phi) is 4.63. The second-order valence-corrected chi connectivity index (χ2v) is 6.08. The van der Waals surface area contributed by atoms with E-state index in [-0.39, 0.29) is 18.3 Å². The summed E-state index contributed by atoms with van der Waals surface area (Å²) in [6.45, 7) is 1.83. The molecule has 23 heavy (non-hydrogen) atoms. The molecule has 2 aliphatic heterocycles. The monoisotopic (exact) mass is 318 g/mol. The standard InChI is InChI=1S/C17H22N2O4/c1-22-16(21)14-11-15(20)19(17(14)7-9-18-10-8-17)23-12-13-5-3-2-4-6-13/h2-6,14,18H,7-12H2,1H3/t14-/m0/s1. The van der Waals surface area contributed by atoms with Crippen LogP contribution in [0.1, 0.15) is 24.8 Å². The number of nitrogens with zero attached hydrogens (tertiary/aromatic N) is 1. The van der Waals surface area contributed by atoms with Crippen LogP contribution >= 0.6 is 0 Å². The maximum Gasteiger partial charge on any atom is 0.311 e. The Hall–Kier alpha value is -1.92. The van der Waals surface area contributed by atoms with Crippen LogP contribution in [0.25, 0.3) is 0 Å². The topological polar surface area (TPSA) is 67.9 Å². The average molecular weight is 318 g/mol. The van der Waals surface area contributed by atoms with Gasteiger partial charge in [0.1, 0.15) is 6.61 Å². The second-order valence-electron chi connectivity index (χ2n) is 6.08. The summed E-state index contributed by atoms with van der Waals surface area (Å²) in [4.78, 5) is 30.5. The molecule has 2 aliphatic rings. The molecule has 124 valence electrons. The summed E-state index contributed by atoms with van der Waals surface area (Å²) in [5.74, 6) is -0.929. The van der Waals surface area contributed by atoms with Crippen molar-refractivity contribution in [1.82, 2.24) is 10.4 Å². The summed E-state index contributed by atoms with van der Waals surface area (Å²) >= 11 is 0. The number of rotatable bonds is 4. The molecule has 1 amide bonds. The lowest BCUT2D eigenvalue weighted by atomic mass is 9.78. The Morgan fingerprint density at radius 3 is 2.65 bits per heavy atom. The number of nitrogens with one attached hydrogen (secondary N) is 1. The van der Waals surface area contributed by atoms with Crippen LogP contribution in [0.5, 0.6) is 0 Å². The fourth-order valence-electron chi connectivity index (χ4n) is 3.61. The number of amides is 1. The number of carbonyl (C=O) groups is 2. The van der Waals surface area contributed by atoms with Crippen LogP contribution in [0, 0.1) is 5.92 Å². The van der Waals surface area contributed by atoms with Gasteiger partial charge < -0.3 is 10.1 Å². The molecule has 1 N–H and O–H groups in total. The Morgan fingerprint density at radius 2 is 2.00 bits per heavy atom. The first-order valence-corrected chi connectivity index (χ1v) is 7.96. The van der Waals surface area contributed by atoms with Gasteiger partial charge in [-0.25, -0.2) is 5.06 Å². The Labute approximate surface area is 135 Å². The van der Waals surface area contributed by atoms with Crippen molar-refractivity contribution in [3.05, 3.63) is 35.9 Å². The summed E-state index contributed by atoms with van der Waals surface area (Å²) in [5.41, 5.74) is 0.399. The number of methoxy groups -OCH3 is 1. The number of hydroxylamine groups is 2. The van der Waals surface area contributed by atoms with E-state index in [1.165, 1.54) is 12.2 Å². The van der Waals surface area contributed by atoms with Gasteiger partial charge in [-0.3, -0.25) is 14.4 Å². The van der Waals surface area contributed by atoms with Gasteiger partial charge in [-0.2, -0.15) is 0 Å². The van der Waals surface area contributed by atoms with Crippen molar-refractivity contribution in [3.8, 4) is 0 Å². The zero-order valence-corrected chi connectivity index (χ0v) is 13.3. The van der Waals surface area contributed by atoms with Gasteiger partial charge in [-0.15, -0.1) is 0 Å². The molecule has 2 heterocycles. The van der Waals surface area contributed by atoms with E-state index in [1.807, 2.05) is 30.3 Å². The molecule has 0 unspecified atom stereocenters. The van der Waals surface area contributed by atoms with Crippen LogP contribution in [-0.2, 0) is 25.8 Å². The number of ether oxygens (including phenoxy) is 1. The van der Waals surface area contributed by atoms with Gasteiger partial charge in [-0.1, -0.05) is 30.3 Å². The van der Waals surface area contributed by atoms with E-state index in [0.717, 1.165) is 18.7 Å². The van der Waals surface area contributed by atoms with Crippen molar-refractivity contribution in [3.63, 3.8) is 0 Å². The zero-order chi connectivity index (χ0) is 16.3. The van der Waals surface area contributed by atoms with E-state index < -0.39 is 11.5 Å². The van der Waals surface area contributed by atoms with E-state index >= 15 is 0 Å². The lowest BCUT2D eigenvalue weighted by Crippen LogP contribution is -2.56. The van der Waals surface area contributed by atoms with Crippen molar-refractivity contribution in [2.24, 2.45) is 5.92 Å². The number of piperidine rings is 1. The first-order chi connectivity index (χ1) is 11.2. The zero-order valence-electron chi connectivity index (χ0n) is 13.3. The molecule has 3 rings (SSSR count). The highest BCUT2D eigenvalue weighted by Gasteiger charge is 2.57. The number of benzene rings is 1. The quantitative estimate of drug-likeness (QED) is 0.847. The van der Waals surface area contributed by atoms with Crippen LogP contribution in [0.3, 0.4) is 0 Å². The van der Waals surface area contributed by atoms with Gasteiger partial charge in [0.05, 0.1) is 18.6 Å². The van der Waals surface area contributed by atoms with Crippen molar-refractivity contribution in [2.75, 3.05) is 20.2 Å². The van der Waals surface area contributed by atoms with E-state index in [4.69, 9.17) is 9.57 Å². The van der Waals surface area contributed by atoms with Gasteiger partial charge in [0.2, 0.25) is 5.91 Å². The molecule has 6 heteroatoms. The number of carbonyl (C=O) groups excluding carboxylic acids is 2. The smallest absolute Gasteiger partial charge is 0.311 e. The molecular weight excluding hydrogens is 296 g/mol. The predicted octanol–water partition coefficient (Wildman–Crippen LogP) is 1.26. The van der Waals surface area contributed by atoms with Gasteiger partial charge in [-0.05, 0) is 31.5 Å². The molecule has 1 aromatic carbocycles. The number of hydrogen-bond donors (Lipinski definition) is 1. The molecule has 0 aromatic heterocycles. The molecule has 0 radical (unpaired) electrons. The average Bonchev–Trinajstić information content (AvgIpc) is 2.85. The molecule has 1 aromatic rings. The van der Waals surface area contributed by atoms with Crippen molar-refractivity contribution in [2.45, 2.75) is 31.4 Å². The SMILES string of the molecule is COC(=O)[C@@H]1CC(=O)N(OCc2ccccc2)C12CCNCC2. The first kappa shape index (κ1) is 16.0. The van der Waals surface area contributed by atoms with Gasteiger partial charge >= 0.3 is 5.97 Å². The minimum Gasteiger partial charge on any atom is -0.469 e. The van der Waals surface area contributed by atoms with Crippen LogP contribution in [0.2, 0.25) is 0 Å². The lowest BCUT2D eigenvalue weighted by molar-refractivity contribution is -0.226. The molecule has 0 aliphatic carbocycles.